The maximum absolute atomic E-state index is 13.0. The first-order valence-electron chi connectivity index (χ1n) is 9.35. The van der Waals surface area contributed by atoms with Crippen LogP contribution in [0, 0.1) is 5.92 Å². The second-order valence-electron chi connectivity index (χ2n) is 7.16. The van der Waals surface area contributed by atoms with Crippen LogP contribution in [0.1, 0.15) is 39.2 Å². The maximum Gasteiger partial charge on any atom is 0.309 e. The molecule has 2 aliphatic heterocycles. The Balaban J connectivity index is 1.76. The van der Waals surface area contributed by atoms with Crippen LogP contribution in [0.4, 0.5) is 5.69 Å². The summed E-state index contributed by atoms with van der Waals surface area (Å²) >= 11 is 0. The third-order valence-corrected chi connectivity index (χ3v) is 7.21. The van der Waals surface area contributed by atoms with Crippen molar-refractivity contribution in [2.75, 3.05) is 24.6 Å². The lowest BCUT2D eigenvalue weighted by atomic mass is 9.98. The van der Waals surface area contributed by atoms with Gasteiger partial charge in [-0.2, -0.15) is 4.31 Å². The molecule has 7 nitrogen and oxygen atoms in total. The number of esters is 1. The van der Waals surface area contributed by atoms with Crippen LogP contribution < -0.4 is 4.90 Å². The van der Waals surface area contributed by atoms with E-state index in [1.165, 1.54) is 11.2 Å². The minimum atomic E-state index is -3.62. The normalized spacial score (nSPS) is 21.1. The highest BCUT2D eigenvalue weighted by Gasteiger charge is 2.35. The van der Waals surface area contributed by atoms with Crippen LogP contribution >= 0.6 is 0 Å². The molecule has 148 valence electrons. The van der Waals surface area contributed by atoms with Crippen LogP contribution in [0.25, 0.3) is 0 Å². The lowest BCUT2D eigenvalue weighted by molar-refractivity contribution is -0.149. The van der Waals surface area contributed by atoms with Crippen LogP contribution in [-0.4, -0.2) is 50.3 Å². The van der Waals surface area contributed by atoms with E-state index >= 15 is 0 Å². The zero-order valence-electron chi connectivity index (χ0n) is 16.0. The number of carbonyl (C=O) groups is 2. The van der Waals surface area contributed by atoms with Crippen LogP contribution in [-0.2, 0) is 30.8 Å². The van der Waals surface area contributed by atoms with Crippen molar-refractivity contribution < 1.29 is 22.7 Å². The molecule has 0 aromatic heterocycles. The van der Waals surface area contributed by atoms with E-state index in [0.717, 1.165) is 11.3 Å². The molecule has 0 unspecified atom stereocenters. The Bertz CT molecular complexity index is 844. The molecule has 0 saturated carbocycles. The van der Waals surface area contributed by atoms with Crippen LogP contribution in [0.5, 0.6) is 0 Å². The first-order chi connectivity index (χ1) is 12.8. The molecule has 27 heavy (non-hydrogen) atoms. The highest BCUT2D eigenvalue weighted by atomic mass is 32.2. The predicted octanol–water partition coefficient (Wildman–Crippen LogP) is 1.95. The summed E-state index contributed by atoms with van der Waals surface area (Å²) in [5.41, 5.74) is 1.66. The van der Waals surface area contributed by atoms with Crippen molar-refractivity contribution >= 4 is 27.6 Å². The summed E-state index contributed by atoms with van der Waals surface area (Å²) in [5, 5.41) is 0. The van der Waals surface area contributed by atoms with Gasteiger partial charge in [0.2, 0.25) is 15.9 Å². The Kier molecular flexibility index (Phi) is 5.58. The van der Waals surface area contributed by atoms with Gasteiger partial charge >= 0.3 is 5.97 Å². The van der Waals surface area contributed by atoms with Gasteiger partial charge in [-0.25, -0.2) is 8.42 Å². The van der Waals surface area contributed by atoms with Crippen molar-refractivity contribution in [3.63, 3.8) is 0 Å². The second kappa shape index (κ2) is 7.59. The van der Waals surface area contributed by atoms with Gasteiger partial charge in [0, 0.05) is 31.7 Å². The molecule has 1 amide bonds. The smallest absolute Gasteiger partial charge is 0.309 e. The van der Waals surface area contributed by atoms with Crippen LogP contribution in [0.15, 0.2) is 23.1 Å². The Labute approximate surface area is 160 Å². The SMILES string of the molecule is CCOC(=O)C1CCN(S(=O)(=O)c2ccc3c(c2)C[C@@H](C)N3C(C)=O)CC1. The number of ether oxygens (including phenoxy) is 1. The number of sulfonamides is 1. The topological polar surface area (TPSA) is 84.0 Å². The summed E-state index contributed by atoms with van der Waals surface area (Å²) in [4.78, 5) is 25.6. The summed E-state index contributed by atoms with van der Waals surface area (Å²) in [6.45, 7) is 6.18. The number of hydrogen-bond acceptors (Lipinski definition) is 5. The van der Waals surface area contributed by atoms with E-state index in [1.54, 1.807) is 30.0 Å². The predicted molar refractivity (Wildman–Crippen MR) is 101 cm³/mol. The van der Waals surface area contributed by atoms with Crippen molar-refractivity contribution in [3.8, 4) is 0 Å². The molecule has 2 heterocycles. The zero-order chi connectivity index (χ0) is 19.8. The second-order valence-corrected chi connectivity index (χ2v) is 9.10. The molecule has 0 radical (unpaired) electrons. The molecule has 3 rings (SSSR count). The Morgan fingerprint density at radius 1 is 1.22 bits per heavy atom. The van der Waals surface area contributed by atoms with Gasteiger partial charge in [0.25, 0.3) is 0 Å². The molecule has 1 atom stereocenters. The number of anilines is 1. The number of rotatable bonds is 4. The quantitative estimate of drug-likeness (QED) is 0.729. The van der Waals surface area contributed by atoms with Gasteiger partial charge in [0.05, 0.1) is 17.4 Å². The first kappa shape index (κ1) is 19.8. The fourth-order valence-electron chi connectivity index (χ4n) is 3.99. The van der Waals surface area contributed by atoms with E-state index in [0.29, 0.717) is 39.0 Å². The molecule has 8 heteroatoms. The Morgan fingerprint density at radius 2 is 1.89 bits per heavy atom. The number of benzene rings is 1. The van der Waals surface area contributed by atoms with Gasteiger partial charge in [-0.3, -0.25) is 9.59 Å². The largest absolute Gasteiger partial charge is 0.466 e. The van der Waals surface area contributed by atoms with E-state index in [9.17, 15) is 18.0 Å². The van der Waals surface area contributed by atoms with E-state index in [4.69, 9.17) is 4.74 Å². The number of amides is 1. The maximum atomic E-state index is 13.0. The molecule has 2 aliphatic rings. The monoisotopic (exact) mass is 394 g/mol. The molecule has 0 N–H and O–H groups in total. The molecule has 1 aromatic carbocycles. The summed E-state index contributed by atoms with van der Waals surface area (Å²) in [6.07, 6.45) is 1.58. The molecule has 0 spiro atoms. The summed E-state index contributed by atoms with van der Waals surface area (Å²) < 4.78 is 32.5. The van der Waals surface area contributed by atoms with Crippen LogP contribution in [0.3, 0.4) is 0 Å². The van der Waals surface area contributed by atoms with Crippen molar-refractivity contribution in [3.05, 3.63) is 23.8 Å². The zero-order valence-corrected chi connectivity index (χ0v) is 16.8. The minimum Gasteiger partial charge on any atom is -0.466 e. The molecular formula is C19H26N2O5S. The van der Waals surface area contributed by atoms with Gasteiger partial charge in [-0.1, -0.05) is 0 Å². The lowest BCUT2D eigenvalue weighted by Gasteiger charge is -2.30. The summed E-state index contributed by atoms with van der Waals surface area (Å²) in [5.74, 6) is -0.523. The van der Waals surface area contributed by atoms with E-state index in [1.807, 2.05) is 6.92 Å². The van der Waals surface area contributed by atoms with Crippen molar-refractivity contribution in [1.29, 1.82) is 0 Å². The number of hydrogen-bond donors (Lipinski definition) is 0. The molecule has 0 bridgehead atoms. The standard InChI is InChI=1S/C19H26N2O5S/c1-4-26-19(23)15-7-9-20(10-8-15)27(24,25)17-5-6-18-16(12-17)11-13(2)21(18)14(3)22/h5-6,12-13,15H,4,7-11H2,1-3H3/t13-/m1/s1. The van der Waals surface area contributed by atoms with E-state index < -0.39 is 10.0 Å². The molecule has 0 aliphatic carbocycles. The summed E-state index contributed by atoms with van der Waals surface area (Å²) in [7, 11) is -3.62. The van der Waals surface area contributed by atoms with Gasteiger partial charge in [-0.05, 0) is 56.9 Å². The highest BCUT2D eigenvalue weighted by molar-refractivity contribution is 7.89. The number of carbonyl (C=O) groups excluding carboxylic acids is 2. The lowest BCUT2D eigenvalue weighted by Crippen LogP contribution is -2.40. The summed E-state index contributed by atoms with van der Waals surface area (Å²) in [6, 6.07) is 5.00. The van der Waals surface area contributed by atoms with E-state index in [2.05, 4.69) is 0 Å². The van der Waals surface area contributed by atoms with Crippen molar-refractivity contribution in [1.82, 2.24) is 4.31 Å². The van der Waals surface area contributed by atoms with Crippen molar-refractivity contribution in [2.45, 2.75) is 51.0 Å². The van der Waals surface area contributed by atoms with Crippen LogP contribution in [0.2, 0.25) is 0 Å². The van der Waals surface area contributed by atoms with Crippen molar-refractivity contribution in [2.24, 2.45) is 5.92 Å². The minimum absolute atomic E-state index is 0.0239. The average molecular weight is 394 g/mol. The fraction of sp³-hybridized carbons (Fsp3) is 0.579. The third-order valence-electron chi connectivity index (χ3n) is 5.32. The molecular weight excluding hydrogens is 368 g/mol. The fourth-order valence-corrected chi connectivity index (χ4v) is 5.51. The first-order valence-corrected chi connectivity index (χ1v) is 10.8. The van der Waals surface area contributed by atoms with E-state index in [-0.39, 0.29) is 28.7 Å². The average Bonchev–Trinajstić information content (AvgIpc) is 2.97. The Hall–Kier alpha value is -1.93. The highest BCUT2D eigenvalue weighted by Crippen LogP contribution is 2.35. The van der Waals surface area contributed by atoms with Gasteiger partial charge in [0.15, 0.2) is 0 Å². The molecule has 1 fully saturated rings. The molecule has 1 saturated heterocycles. The van der Waals surface area contributed by atoms with Gasteiger partial charge in [-0.15, -0.1) is 0 Å². The third kappa shape index (κ3) is 3.73. The van der Waals surface area contributed by atoms with Gasteiger partial charge in [0.1, 0.15) is 0 Å². The number of piperidine rings is 1. The number of nitrogens with zero attached hydrogens (tertiary/aromatic N) is 2. The Morgan fingerprint density at radius 3 is 2.48 bits per heavy atom. The number of fused-ring (bicyclic) bond motifs is 1. The van der Waals surface area contributed by atoms with Gasteiger partial charge < -0.3 is 9.64 Å². The molecule has 1 aromatic rings.